The number of nitrogens with one attached hydrogen (secondary N) is 1. The molecule has 1 saturated heterocycles. The van der Waals surface area contributed by atoms with E-state index in [0.29, 0.717) is 5.54 Å². The summed E-state index contributed by atoms with van der Waals surface area (Å²) in [4.78, 5) is 2.85. The Bertz CT molecular complexity index is 241. The zero-order valence-electron chi connectivity index (χ0n) is 12.7. The van der Waals surface area contributed by atoms with Crippen LogP contribution in [0.25, 0.3) is 0 Å². The first-order chi connectivity index (χ1) is 8.71. The van der Waals surface area contributed by atoms with E-state index in [-0.39, 0.29) is 0 Å². The molecule has 106 valence electrons. The summed E-state index contributed by atoms with van der Waals surface area (Å²) in [7, 11) is 0. The molecule has 2 rings (SSSR count). The van der Waals surface area contributed by atoms with Gasteiger partial charge in [-0.1, -0.05) is 33.1 Å². The minimum Gasteiger partial charge on any atom is -0.310 e. The van der Waals surface area contributed by atoms with Gasteiger partial charge in [-0.2, -0.15) is 0 Å². The standard InChI is InChI=1S/C16H32N2/c1-4-16(5-2)13-18(14(3)11-12-17-16)15-9-7-6-8-10-15/h14-15,17H,4-13H2,1-3H3. The van der Waals surface area contributed by atoms with E-state index in [1.54, 1.807) is 0 Å². The van der Waals surface area contributed by atoms with Crippen LogP contribution in [0.15, 0.2) is 0 Å². The van der Waals surface area contributed by atoms with E-state index >= 15 is 0 Å². The summed E-state index contributed by atoms with van der Waals surface area (Å²) in [5.74, 6) is 0. The molecule has 2 fully saturated rings. The van der Waals surface area contributed by atoms with Crippen LogP contribution in [0.3, 0.4) is 0 Å². The second-order valence-corrected chi connectivity index (χ2v) is 6.52. The molecular formula is C16H32N2. The first-order valence-electron chi connectivity index (χ1n) is 8.21. The molecule has 2 aliphatic rings. The van der Waals surface area contributed by atoms with Crippen LogP contribution in [0.5, 0.6) is 0 Å². The van der Waals surface area contributed by atoms with Crippen molar-refractivity contribution in [3.05, 3.63) is 0 Å². The summed E-state index contributed by atoms with van der Waals surface area (Å²) < 4.78 is 0. The van der Waals surface area contributed by atoms with E-state index in [1.807, 2.05) is 0 Å². The Morgan fingerprint density at radius 3 is 2.33 bits per heavy atom. The average Bonchev–Trinajstić information content (AvgIpc) is 2.60. The van der Waals surface area contributed by atoms with Crippen molar-refractivity contribution >= 4 is 0 Å². The summed E-state index contributed by atoms with van der Waals surface area (Å²) in [5, 5.41) is 3.85. The van der Waals surface area contributed by atoms with Crippen LogP contribution in [0.4, 0.5) is 0 Å². The highest BCUT2D eigenvalue weighted by Crippen LogP contribution is 2.30. The Labute approximate surface area is 114 Å². The molecule has 1 N–H and O–H groups in total. The van der Waals surface area contributed by atoms with Gasteiger partial charge in [0.05, 0.1) is 0 Å². The highest BCUT2D eigenvalue weighted by Gasteiger charge is 2.36. The summed E-state index contributed by atoms with van der Waals surface area (Å²) >= 11 is 0. The monoisotopic (exact) mass is 252 g/mol. The molecule has 18 heavy (non-hydrogen) atoms. The predicted octanol–water partition coefficient (Wildman–Crippen LogP) is 3.56. The van der Waals surface area contributed by atoms with Crippen molar-refractivity contribution in [1.29, 1.82) is 0 Å². The fourth-order valence-electron chi connectivity index (χ4n) is 3.90. The lowest BCUT2D eigenvalue weighted by molar-refractivity contribution is 0.0857. The van der Waals surface area contributed by atoms with E-state index in [2.05, 4.69) is 31.0 Å². The molecule has 1 saturated carbocycles. The Balaban J connectivity index is 2.09. The van der Waals surface area contributed by atoms with Crippen LogP contribution in [-0.2, 0) is 0 Å². The van der Waals surface area contributed by atoms with E-state index < -0.39 is 0 Å². The average molecular weight is 252 g/mol. The third-order valence-corrected chi connectivity index (χ3v) is 5.51. The van der Waals surface area contributed by atoms with Crippen molar-refractivity contribution in [2.24, 2.45) is 0 Å². The molecule has 0 radical (unpaired) electrons. The van der Waals surface area contributed by atoms with Gasteiger partial charge in [0.2, 0.25) is 0 Å². The molecule has 1 aliphatic heterocycles. The molecule has 0 bridgehead atoms. The van der Waals surface area contributed by atoms with Gasteiger partial charge in [0, 0.05) is 24.2 Å². The number of rotatable bonds is 3. The Kier molecular flexibility index (Phi) is 5.08. The van der Waals surface area contributed by atoms with Crippen molar-refractivity contribution < 1.29 is 0 Å². The zero-order valence-corrected chi connectivity index (χ0v) is 12.7. The van der Waals surface area contributed by atoms with E-state index in [9.17, 15) is 0 Å². The van der Waals surface area contributed by atoms with Crippen molar-refractivity contribution in [3.8, 4) is 0 Å². The van der Waals surface area contributed by atoms with Gasteiger partial charge < -0.3 is 5.32 Å². The van der Waals surface area contributed by atoms with Crippen LogP contribution in [-0.4, -0.2) is 35.6 Å². The molecular weight excluding hydrogens is 220 g/mol. The topological polar surface area (TPSA) is 15.3 Å². The molecule has 1 aliphatic carbocycles. The number of hydrogen-bond acceptors (Lipinski definition) is 2. The lowest BCUT2D eigenvalue weighted by Crippen LogP contribution is -2.54. The van der Waals surface area contributed by atoms with Crippen LogP contribution in [0.1, 0.15) is 72.1 Å². The minimum atomic E-state index is 0.377. The fourth-order valence-corrected chi connectivity index (χ4v) is 3.90. The SMILES string of the molecule is CCC1(CC)CN(C2CCCCC2)C(C)CCN1. The largest absolute Gasteiger partial charge is 0.310 e. The predicted molar refractivity (Wildman–Crippen MR) is 79.0 cm³/mol. The summed E-state index contributed by atoms with van der Waals surface area (Å²) in [6.07, 6.45) is 11.1. The van der Waals surface area contributed by atoms with E-state index in [0.717, 1.165) is 12.1 Å². The maximum Gasteiger partial charge on any atom is 0.0303 e. The molecule has 0 aromatic carbocycles. The Morgan fingerprint density at radius 1 is 1.06 bits per heavy atom. The molecule has 0 aromatic heterocycles. The maximum atomic E-state index is 3.85. The molecule has 1 heterocycles. The third kappa shape index (κ3) is 3.08. The lowest BCUT2D eigenvalue weighted by atomic mass is 9.88. The van der Waals surface area contributed by atoms with E-state index in [4.69, 9.17) is 0 Å². The summed E-state index contributed by atoms with van der Waals surface area (Å²) in [5.41, 5.74) is 0.377. The van der Waals surface area contributed by atoms with Gasteiger partial charge in [0.15, 0.2) is 0 Å². The Morgan fingerprint density at radius 2 is 1.72 bits per heavy atom. The lowest BCUT2D eigenvalue weighted by Gasteiger charge is -2.42. The van der Waals surface area contributed by atoms with Gasteiger partial charge in [0.1, 0.15) is 0 Å². The van der Waals surface area contributed by atoms with Crippen LogP contribution in [0, 0.1) is 0 Å². The van der Waals surface area contributed by atoms with E-state index in [1.165, 1.54) is 64.5 Å². The molecule has 1 atom stereocenters. The zero-order chi connectivity index (χ0) is 13.0. The van der Waals surface area contributed by atoms with Crippen molar-refractivity contribution in [2.75, 3.05) is 13.1 Å². The molecule has 2 nitrogen and oxygen atoms in total. The van der Waals surface area contributed by atoms with Gasteiger partial charge in [-0.15, -0.1) is 0 Å². The number of hydrogen-bond donors (Lipinski definition) is 1. The van der Waals surface area contributed by atoms with Gasteiger partial charge in [0.25, 0.3) is 0 Å². The number of nitrogens with zero attached hydrogens (tertiary/aromatic N) is 1. The normalized spacial score (nSPS) is 31.2. The molecule has 1 unspecified atom stereocenters. The fraction of sp³-hybridized carbons (Fsp3) is 1.00. The first-order valence-corrected chi connectivity index (χ1v) is 8.21. The second kappa shape index (κ2) is 6.38. The van der Waals surface area contributed by atoms with Crippen molar-refractivity contribution in [2.45, 2.75) is 89.8 Å². The first kappa shape index (κ1) is 14.3. The van der Waals surface area contributed by atoms with Crippen LogP contribution < -0.4 is 5.32 Å². The molecule has 2 heteroatoms. The molecule has 0 spiro atoms. The third-order valence-electron chi connectivity index (χ3n) is 5.51. The van der Waals surface area contributed by atoms with Gasteiger partial charge in [-0.3, -0.25) is 4.90 Å². The van der Waals surface area contributed by atoms with Crippen LogP contribution in [0.2, 0.25) is 0 Å². The van der Waals surface area contributed by atoms with Crippen molar-refractivity contribution in [3.63, 3.8) is 0 Å². The van der Waals surface area contributed by atoms with Gasteiger partial charge in [-0.05, 0) is 45.6 Å². The highest BCUT2D eigenvalue weighted by molar-refractivity contribution is 4.95. The smallest absolute Gasteiger partial charge is 0.0303 e. The van der Waals surface area contributed by atoms with Crippen LogP contribution >= 0.6 is 0 Å². The Hall–Kier alpha value is -0.0800. The molecule has 0 amide bonds. The van der Waals surface area contributed by atoms with Crippen molar-refractivity contribution in [1.82, 2.24) is 10.2 Å². The minimum absolute atomic E-state index is 0.377. The summed E-state index contributed by atoms with van der Waals surface area (Å²) in [6.45, 7) is 9.62. The van der Waals surface area contributed by atoms with Gasteiger partial charge in [-0.25, -0.2) is 0 Å². The second-order valence-electron chi connectivity index (χ2n) is 6.52. The highest BCUT2D eigenvalue weighted by atomic mass is 15.2. The van der Waals surface area contributed by atoms with Gasteiger partial charge >= 0.3 is 0 Å². The maximum absolute atomic E-state index is 3.85. The molecule has 0 aromatic rings. The quantitative estimate of drug-likeness (QED) is 0.826. The summed E-state index contributed by atoms with van der Waals surface area (Å²) in [6, 6.07) is 1.63.